The Morgan fingerprint density at radius 2 is 1.34 bits per heavy atom. The number of ether oxygens (including phenoxy) is 2. The van der Waals surface area contributed by atoms with Crippen LogP contribution in [0.3, 0.4) is 0 Å². The van der Waals surface area contributed by atoms with Crippen molar-refractivity contribution in [2.24, 2.45) is 0 Å². The topological polar surface area (TPSA) is 55.8 Å². The van der Waals surface area contributed by atoms with Gasteiger partial charge < -0.3 is 14.4 Å². The number of benzene rings is 2. The van der Waals surface area contributed by atoms with Gasteiger partial charge in [-0.15, -0.1) is 0 Å². The van der Waals surface area contributed by atoms with Gasteiger partial charge >= 0.3 is 11.9 Å². The van der Waals surface area contributed by atoms with Crippen molar-refractivity contribution in [3.8, 4) is 0 Å². The molecule has 0 saturated heterocycles. The van der Waals surface area contributed by atoms with Gasteiger partial charge in [0.05, 0.1) is 31.4 Å². The molecule has 29 heavy (non-hydrogen) atoms. The van der Waals surface area contributed by atoms with Crippen LogP contribution in [0.15, 0.2) is 96.2 Å². The fourth-order valence-corrected chi connectivity index (χ4v) is 3.31. The van der Waals surface area contributed by atoms with E-state index in [9.17, 15) is 9.59 Å². The Kier molecular flexibility index (Phi) is 6.63. The van der Waals surface area contributed by atoms with Crippen LogP contribution in [0.5, 0.6) is 0 Å². The maximum absolute atomic E-state index is 12.5. The first kappa shape index (κ1) is 20.1. The number of hydrogen-bond donors (Lipinski definition) is 0. The van der Waals surface area contributed by atoms with Gasteiger partial charge in [-0.2, -0.15) is 0 Å². The molecule has 0 atom stereocenters. The summed E-state index contributed by atoms with van der Waals surface area (Å²) in [6, 6.07) is 19.9. The van der Waals surface area contributed by atoms with Gasteiger partial charge in [0.1, 0.15) is 0 Å². The quantitative estimate of drug-likeness (QED) is 0.728. The van der Waals surface area contributed by atoms with Crippen molar-refractivity contribution in [1.82, 2.24) is 4.90 Å². The first-order valence-corrected chi connectivity index (χ1v) is 9.27. The highest BCUT2D eigenvalue weighted by atomic mass is 16.5. The summed E-state index contributed by atoms with van der Waals surface area (Å²) in [5, 5.41) is 0. The fraction of sp³-hybridized carbons (Fsp3) is 0.167. The Hall–Kier alpha value is -3.60. The summed E-state index contributed by atoms with van der Waals surface area (Å²) in [5.41, 5.74) is 2.44. The molecule has 0 fully saturated rings. The zero-order valence-corrected chi connectivity index (χ0v) is 16.4. The Balaban J connectivity index is 2.15. The number of esters is 2. The molecule has 2 aromatic rings. The average molecular weight is 389 g/mol. The van der Waals surface area contributed by atoms with Crippen molar-refractivity contribution in [2.75, 3.05) is 20.8 Å². The molecule has 0 spiro atoms. The van der Waals surface area contributed by atoms with Gasteiger partial charge in [-0.3, -0.25) is 0 Å². The predicted octanol–water partition coefficient (Wildman–Crippen LogP) is 3.80. The second-order valence-corrected chi connectivity index (χ2v) is 6.46. The van der Waals surface area contributed by atoms with Crippen molar-refractivity contribution in [3.05, 3.63) is 107 Å². The Labute approximate surface area is 170 Å². The van der Waals surface area contributed by atoms with Crippen LogP contribution in [-0.4, -0.2) is 37.6 Å². The predicted molar refractivity (Wildman–Crippen MR) is 111 cm³/mol. The minimum atomic E-state index is -0.596. The van der Waals surface area contributed by atoms with Crippen LogP contribution in [0.25, 0.3) is 0 Å². The van der Waals surface area contributed by atoms with E-state index in [0.717, 1.165) is 11.1 Å². The molecule has 0 bridgehead atoms. The largest absolute Gasteiger partial charge is 0.465 e. The molecule has 0 radical (unpaired) electrons. The molecule has 1 aliphatic rings. The molecular formula is C24H23NO4. The van der Waals surface area contributed by atoms with E-state index in [2.05, 4.69) is 0 Å². The maximum Gasteiger partial charge on any atom is 0.340 e. The standard InChI is InChI=1S/C24H23NO4/c1-28-23(26)20-15-9-10-16-25(17-21(20)24(27)29-2)22(18-11-5-3-6-12-18)19-13-7-4-8-14-19/h3-15,17,22H,16H2,1-2H3. The van der Waals surface area contributed by atoms with Gasteiger partial charge in [-0.1, -0.05) is 72.8 Å². The third-order valence-corrected chi connectivity index (χ3v) is 4.67. The number of methoxy groups -OCH3 is 2. The molecule has 0 unspecified atom stereocenters. The van der Waals surface area contributed by atoms with Gasteiger partial charge in [-0.05, 0) is 17.2 Å². The molecule has 0 saturated carbocycles. The molecule has 0 aliphatic carbocycles. The van der Waals surface area contributed by atoms with E-state index in [4.69, 9.17) is 9.47 Å². The lowest BCUT2D eigenvalue weighted by Crippen LogP contribution is -2.28. The SMILES string of the molecule is COC(=O)C1=CC=CCN(C(c2ccccc2)c2ccccc2)C=C1C(=O)OC. The summed E-state index contributed by atoms with van der Waals surface area (Å²) < 4.78 is 9.81. The average Bonchev–Trinajstić information content (AvgIpc) is 2.76. The van der Waals surface area contributed by atoms with Crippen LogP contribution < -0.4 is 0 Å². The zero-order chi connectivity index (χ0) is 20.6. The minimum Gasteiger partial charge on any atom is -0.465 e. The monoisotopic (exact) mass is 389 g/mol. The lowest BCUT2D eigenvalue weighted by Gasteiger charge is -2.32. The Morgan fingerprint density at radius 3 is 1.86 bits per heavy atom. The van der Waals surface area contributed by atoms with Crippen molar-refractivity contribution >= 4 is 11.9 Å². The van der Waals surface area contributed by atoms with Gasteiger partial charge in [0.2, 0.25) is 0 Å². The maximum atomic E-state index is 12.5. The lowest BCUT2D eigenvalue weighted by atomic mass is 9.96. The highest BCUT2D eigenvalue weighted by Crippen LogP contribution is 2.31. The first-order chi connectivity index (χ1) is 14.2. The van der Waals surface area contributed by atoms with E-state index < -0.39 is 11.9 Å². The number of rotatable bonds is 5. The van der Waals surface area contributed by atoms with E-state index in [1.165, 1.54) is 14.2 Å². The Morgan fingerprint density at radius 1 is 0.828 bits per heavy atom. The third kappa shape index (κ3) is 4.63. The molecule has 2 aromatic carbocycles. The third-order valence-electron chi connectivity index (χ3n) is 4.67. The summed E-state index contributed by atoms with van der Waals surface area (Å²) in [6.07, 6.45) is 6.95. The highest BCUT2D eigenvalue weighted by Gasteiger charge is 2.27. The zero-order valence-electron chi connectivity index (χ0n) is 16.4. The van der Waals surface area contributed by atoms with Crippen LogP contribution in [0.2, 0.25) is 0 Å². The van der Waals surface area contributed by atoms with Crippen molar-refractivity contribution in [1.29, 1.82) is 0 Å². The van der Waals surface area contributed by atoms with Crippen molar-refractivity contribution in [2.45, 2.75) is 6.04 Å². The normalized spacial score (nSPS) is 13.8. The number of nitrogens with zero attached hydrogens (tertiary/aromatic N) is 1. The minimum absolute atomic E-state index is 0.153. The van der Waals surface area contributed by atoms with Crippen LogP contribution in [0, 0.1) is 0 Å². The summed E-state index contributed by atoms with van der Waals surface area (Å²) in [5.74, 6) is -1.19. The first-order valence-electron chi connectivity index (χ1n) is 9.27. The molecule has 5 nitrogen and oxygen atoms in total. The summed E-state index contributed by atoms with van der Waals surface area (Å²) in [4.78, 5) is 26.8. The van der Waals surface area contributed by atoms with Gasteiger partial charge in [0.15, 0.2) is 0 Å². The molecule has 0 N–H and O–H groups in total. The second-order valence-electron chi connectivity index (χ2n) is 6.46. The number of carbonyl (C=O) groups is 2. The van der Waals surface area contributed by atoms with E-state index in [1.807, 2.05) is 71.6 Å². The van der Waals surface area contributed by atoms with E-state index >= 15 is 0 Å². The van der Waals surface area contributed by atoms with Crippen LogP contribution >= 0.6 is 0 Å². The highest BCUT2D eigenvalue weighted by molar-refractivity contribution is 6.07. The summed E-state index contributed by atoms with van der Waals surface area (Å²) in [6.45, 7) is 0.542. The van der Waals surface area contributed by atoms with Gasteiger partial charge in [0.25, 0.3) is 0 Å². The lowest BCUT2D eigenvalue weighted by molar-refractivity contribution is -0.139. The van der Waals surface area contributed by atoms with Gasteiger partial charge in [0, 0.05) is 12.7 Å². The molecule has 0 amide bonds. The van der Waals surface area contributed by atoms with E-state index in [0.29, 0.717) is 6.54 Å². The van der Waals surface area contributed by atoms with E-state index in [-0.39, 0.29) is 17.2 Å². The molecular weight excluding hydrogens is 366 g/mol. The molecule has 148 valence electrons. The van der Waals surface area contributed by atoms with Crippen LogP contribution in [0.4, 0.5) is 0 Å². The van der Waals surface area contributed by atoms with Crippen molar-refractivity contribution in [3.63, 3.8) is 0 Å². The van der Waals surface area contributed by atoms with Crippen LogP contribution in [-0.2, 0) is 19.1 Å². The number of carbonyl (C=O) groups excluding carboxylic acids is 2. The summed E-state index contributed by atoms with van der Waals surface area (Å²) >= 11 is 0. The smallest absolute Gasteiger partial charge is 0.340 e. The molecule has 5 heteroatoms. The molecule has 1 aliphatic heterocycles. The number of allylic oxidation sites excluding steroid dienone is 2. The Bertz CT molecular complexity index is 906. The summed E-state index contributed by atoms with van der Waals surface area (Å²) in [7, 11) is 2.58. The van der Waals surface area contributed by atoms with E-state index in [1.54, 1.807) is 18.4 Å². The van der Waals surface area contributed by atoms with Gasteiger partial charge in [-0.25, -0.2) is 9.59 Å². The fourth-order valence-electron chi connectivity index (χ4n) is 3.31. The van der Waals surface area contributed by atoms with Crippen LogP contribution in [0.1, 0.15) is 17.2 Å². The molecule has 1 heterocycles. The van der Waals surface area contributed by atoms with Crippen molar-refractivity contribution < 1.29 is 19.1 Å². The molecule has 0 aromatic heterocycles. The second kappa shape index (κ2) is 9.55. The molecule has 3 rings (SSSR count). The number of hydrogen-bond acceptors (Lipinski definition) is 5.